The Hall–Kier alpha value is -2.08. The summed E-state index contributed by atoms with van der Waals surface area (Å²) in [5.41, 5.74) is 1.24. The van der Waals surface area contributed by atoms with E-state index in [1.807, 2.05) is 18.2 Å². The Bertz CT molecular complexity index is 554. The number of benzene rings is 1. The van der Waals surface area contributed by atoms with Gasteiger partial charge in [-0.2, -0.15) is 0 Å². The third-order valence-corrected chi connectivity index (χ3v) is 4.81. The van der Waals surface area contributed by atoms with E-state index < -0.39 is 0 Å². The van der Waals surface area contributed by atoms with Crippen molar-refractivity contribution in [3.05, 3.63) is 35.9 Å². The van der Waals surface area contributed by atoms with Crippen molar-refractivity contribution in [3.8, 4) is 0 Å². The summed E-state index contributed by atoms with van der Waals surface area (Å²) in [4.78, 5) is 26.8. The Balaban J connectivity index is 1.69. The van der Waals surface area contributed by atoms with E-state index in [4.69, 9.17) is 0 Å². The van der Waals surface area contributed by atoms with Gasteiger partial charge in [-0.15, -0.1) is 0 Å². The number of aliphatic hydroxyl groups excluding tert-OH is 1. The molecular weight excluding hydrogens is 318 g/mol. The zero-order chi connectivity index (χ0) is 18.2. The summed E-state index contributed by atoms with van der Waals surface area (Å²) in [5.74, 6) is 0.177. The van der Waals surface area contributed by atoms with Gasteiger partial charge in [-0.3, -0.25) is 4.79 Å². The highest BCUT2D eigenvalue weighted by Crippen LogP contribution is 2.23. The molecular formula is C19H29N3O3. The quantitative estimate of drug-likeness (QED) is 0.819. The number of rotatable bonds is 6. The van der Waals surface area contributed by atoms with E-state index in [9.17, 15) is 14.7 Å². The monoisotopic (exact) mass is 347 g/mol. The Morgan fingerprint density at radius 2 is 1.88 bits per heavy atom. The lowest BCUT2D eigenvalue weighted by molar-refractivity contribution is -0.132. The molecule has 1 saturated heterocycles. The van der Waals surface area contributed by atoms with Crippen LogP contribution in [0.5, 0.6) is 0 Å². The highest BCUT2D eigenvalue weighted by Gasteiger charge is 2.27. The Labute approximate surface area is 149 Å². The molecule has 6 nitrogen and oxygen atoms in total. The molecule has 1 heterocycles. The minimum absolute atomic E-state index is 0.0260. The van der Waals surface area contributed by atoms with Gasteiger partial charge in [0.25, 0.3) is 0 Å². The predicted molar refractivity (Wildman–Crippen MR) is 97.2 cm³/mol. The van der Waals surface area contributed by atoms with Crippen molar-refractivity contribution in [2.75, 3.05) is 33.7 Å². The summed E-state index contributed by atoms with van der Waals surface area (Å²) < 4.78 is 0. The molecule has 1 aliphatic rings. The van der Waals surface area contributed by atoms with Crippen molar-refractivity contribution < 1.29 is 14.7 Å². The lowest BCUT2D eigenvalue weighted by Crippen LogP contribution is -2.47. The lowest BCUT2D eigenvalue weighted by Gasteiger charge is -2.34. The van der Waals surface area contributed by atoms with E-state index in [-0.39, 0.29) is 30.5 Å². The molecule has 0 aliphatic carbocycles. The zero-order valence-electron chi connectivity index (χ0n) is 15.1. The fourth-order valence-corrected chi connectivity index (χ4v) is 3.15. The number of hydrogen-bond donors (Lipinski definition) is 2. The number of aryl methyl sites for hydroxylation is 1. The second-order valence-corrected chi connectivity index (χ2v) is 6.86. The van der Waals surface area contributed by atoms with Gasteiger partial charge in [0, 0.05) is 27.2 Å². The van der Waals surface area contributed by atoms with Gasteiger partial charge in [-0.1, -0.05) is 30.3 Å². The number of hydrogen-bond acceptors (Lipinski definition) is 3. The number of amides is 3. The molecule has 3 amide bonds. The molecule has 1 aliphatic heterocycles. The van der Waals surface area contributed by atoms with E-state index in [0.29, 0.717) is 13.1 Å². The largest absolute Gasteiger partial charge is 0.393 e. The van der Waals surface area contributed by atoms with E-state index in [0.717, 1.165) is 25.7 Å². The van der Waals surface area contributed by atoms with Crippen LogP contribution >= 0.6 is 0 Å². The first-order valence-corrected chi connectivity index (χ1v) is 8.92. The molecule has 0 radical (unpaired) electrons. The number of urea groups is 1. The van der Waals surface area contributed by atoms with E-state index in [2.05, 4.69) is 17.4 Å². The van der Waals surface area contributed by atoms with Gasteiger partial charge < -0.3 is 20.2 Å². The fourth-order valence-electron chi connectivity index (χ4n) is 3.15. The summed E-state index contributed by atoms with van der Waals surface area (Å²) >= 11 is 0. The molecule has 0 spiro atoms. The minimum Gasteiger partial charge on any atom is -0.393 e. The number of nitrogens with one attached hydrogen (secondary N) is 1. The molecule has 2 N–H and O–H groups in total. The SMILES string of the molecule is CN(C)C(=O)NCC(=O)N1CCC([C@@H](O)CCc2ccccc2)CC1. The third kappa shape index (κ3) is 6.05. The van der Waals surface area contributed by atoms with Gasteiger partial charge >= 0.3 is 6.03 Å². The maximum Gasteiger partial charge on any atom is 0.317 e. The van der Waals surface area contributed by atoms with Gasteiger partial charge in [-0.25, -0.2) is 4.79 Å². The maximum absolute atomic E-state index is 12.1. The number of likely N-dealkylation sites (tertiary alicyclic amines) is 1. The maximum atomic E-state index is 12.1. The summed E-state index contributed by atoms with van der Waals surface area (Å²) in [5, 5.41) is 13.0. The molecule has 1 aromatic rings. The number of aliphatic hydroxyl groups is 1. The smallest absolute Gasteiger partial charge is 0.317 e. The third-order valence-electron chi connectivity index (χ3n) is 4.81. The van der Waals surface area contributed by atoms with Crippen LogP contribution < -0.4 is 5.32 Å². The molecule has 138 valence electrons. The average Bonchev–Trinajstić information content (AvgIpc) is 2.64. The zero-order valence-corrected chi connectivity index (χ0v) is 15.1. The van der Waals surface area contributed by atoms with E-state index in [1.54, 1.807) is 19.0 Å². The van der Waals surface area contributed by atoms with Crippen molar-refractivity contribution in [2.24, 2.45) is 5.92 Å². The van der Waals surface area contributed by atoms with E-state index in [1.165, 1.54) is 10.5 Å². The van der Waals surface area contributed by atoms with Crippen molar-refractivity contribution in [3.63, 3.8) is 0 Å². The fraction of sp³-hybridized carbons (Fsp3) is 0.579. The molecule has 25 heavy (non-hydrogen) atoms. The molecule has 1 atom stereocenters. The number of carbonyl (C=O) groups excluding carboxylic acids is 2. The second-order valence-electron chi connectivity index (χ2n) is 6.86. The number of nitrogens with zero attached hydrogens (tertiary/aromatic N) is 2. The standard InChI is InChI=1S/C19H29N3O3/c1-21(2)19(25)20-14-18(24)22-12-10-16(11-13-22)17(23)9-8-15-6-4-3-5-7-15/h3-7,16-17,23H,8-14H2,1-2H3,(H,20,25)/t17-/m0/s1. The first-order valence-electron chi connectivity index (χ1n) is 8.92. The molecule has 0 saturated carbocycles. The van der Waals surface area contributed by atoms with E-state index >= 15 is 0 Å². The Morgan fingerprint density at radius 3 is 2.48 bits per heavy atom. The summed E-state index contributed by atoms with van der Waals surface area (Å²) in [6.45, 7) is 1.31. The van der Waals surface area contributed by atoms with Gasteiger partial charge in [-0.05, 0) is 37.2 Å². The lowest BCUT2D eigenvalue weighted by atomic mass is 9.88. The van der Waals surface area contributed by atoms with Crippen LogP contribution in [0.4, 0.5) is 4.79 Å². The van der Waals surface area contributed by atoms with Crippen LogP contribution in [-0.4, -0.2) is 66.7 Å². The first kappa shape index (κ1) is 19.2. The molecule has 2 rings (SSSR count). The average molecular weight is 347 g/mol. The van der Waals surface area contributed by atoms with Crippen LogP contribution in [0.3, 0.4) is 0 Å². The highest BCUT2D eigenvalue weighted by atomic mass is 16.3. The van der Waals surface area contributed by atoms with Crippen molar-refractivity contribution in [2.45, 2.75) is 31.8 Å². The van der Waals surface area contributed by atoms with Crippen LogP contribution in [0.25, 0.3) is 0 Å². The van der Waals surface area contributed by atoms with Gasteiger partial charge in [0.15, 0.2) is 0 Å². The van der Waals surface area contributed by atoms with Crippen LogP contribution in [0.1, 0.15) is 24.8 Å². The first-order chi connectivity index (χ1) is 12.0. The molecule has 1 fully saturated rings. The van der Waals surface area contributed by atoms with Crippen LogP contribution in [0, 0.1) is 5.92 Å². The normalized spacial score (nSPS) is 16.4. The van der Waals surface area contributed by atoms with Gasteiger partial charge in [0.05, 0.1) is 12.6 Å². The topological polar surface area (TPSA) is 72.9 Å². The van der Waals surface area contributed by atoms with Crippen LogP contribution in [0.2, 0.25) is 0 Å². The minimum atomic E-state index is -0.328. The summed E-state index contributed by atoms with van der Waals surface area (Å²) in [6.07, 6.45) is 2.91. The molecule has 0 aromatic heterocycles. The van der Waals surface area contributed by atoms with Crippen LogP contribution in [-0.2, 0) is 11.2 Å². The molecule has 0 unspecified atom stereocenters. The number of carbonyl (C=O) groups is 2. The molecule has 0 bridgehead atoms. The Kier molecular flexibility index (Phi) is 7.25. The van der Waals surface area contributed by atoms with Gasteiger partial charge in [0.1, 0.15) is 0 Å². The second kappa shape index (κ2) is 9.42. The van der Waals surface area contributed by atoms with Crippen LogP contribution in [0.15, 0.2) is 30.3 Å². The van der Waals surface area contributed by atoms with Crippen molar-refractivity contribution >= 4 is 11.9 Å². The van der Waals surface area contributed by atoms with Crippen molar-refractivity contribution in [1.82, 2.24) is 15.1 Å². The Morgan fingerprint density at radius 1 is 1.24 bits per heavy atom. The highest BCUT2D eigenvalue weighted by molar-refractivity contribution is 5.83. The van der Waals surface area contributed by atoms with Gasteiger partial charge in [0.2, 0.25) is 5.91 Å². The summed E-state index contributed by atoms with van der Waals surface area (Å²) in [7, 11) is 3.28. The molecule has 1 aromatic carbocycles. The molecule has 6 heteroatoms. The summed E-state index contributed by atoms with van der Waals surface area (Å²) in [6, 6.07) is 9.92. The number of piperidine rings is 1. The predicted octanol–water partition coefficient (Wildman–Crippen LogP) is 1.49. The van der Waals surface area contributed by atoms with Crippen molar-refractivity contribution in [1.29, 1.82) is 0 Å².